The summed E-state index contributed by atoms with van der Waals surface area (Å²) in [6.45, 7) is 3.25. The highest BCUT2D eigenvalue weighted by Gasteiger charge is 2.21. The molecule has 2 heterocycles. The first-order valence-electron chi connectivity index (χ1n) is 5.82. The summed E-state index contributed by atoms with van der Waals surface area (Å²) in [5.41, 5.74) is 0.560. The third-order valence-electron chi connectivity index (χ3n) is 2.43. The first-order valence-corrected chi connectivity index (χ1v) is 8.73. The molecule has 0 aromatic carbocycles. The summed E-state index contributed by atoms with van der Waals surface area (Å²) in [6, 6.07) is 0. The Morgan fingerprint density at radius 3 is 2.71 bits per heavy atom. The largest absolute Gasteiger partial charge is 0.296 e. The van der Waals surface area contributed by atoms with E-state index in [4.69, 9.17) is 11.6 Å². The summed E-state index contributed by atoms with van der Waals surface area (Å²) >= 11 is 7.10. The molecule has 2 aromatic heterocycles. The minimum atomic E-state index is -3.61. The van der Waals surface area contributed by atoms with Crippen molar-refractivity contribution < 1.29 is 13.2 Å². The lowest BCUT2D eigenvalue weighted by Crippen LogP contribution is -2.18. The van der Waals surface area contributed by atoms with Gasteiger partial charge in [0.1, 0.15) is 0 Å². The summed E-state index contributed by atoms with van der Waals surface area (Å²) in [4.78, 5) is 23.6. The highest BCUT2D eigenvalue weighted by atomic mass is 35.5. The maximum Gasteiger partial charge on any atom is 0.277 e. The Labute approximate surface area is 130 Å². The van der Waals surface area contributed by atoms with E-state index in [1.165, 1.54) is 18.3 Å². The maximum atomic E-state index is 12.1. The second-order valence-corrected chi connectivity index (χ2v) is 7.44. The van der Waals surface area contributed by atoms with Gasteiger partial charge in [0.15, 0.2) is 10.8 Å². The highest BCUT2D eigenvalue weighted by molar-refractivity contribution is 7.91. The number of hydrogen-bond acceptors (Lipinski definition) is 7. The summed E-state index contributed by atoms with van der Waals surface area (Å²) in [5.74, 6) is -0.800. The van der Waals surface area contributed by atoms with Gasteiger partial charge in [-0.3, -0.25) is 10.1 Å². The van der Waals surface area contributed by atoms with Gasteiger partial charge < -0.3 is 0 Å². The van der Waals surface area contributed by atoms with Crippen molar-refractivity contribution in [1.29, 1.82) is 0 Å². The quantitative estimate of drug-likeness (QED) is 0.849. The lowest BCUT2D eigenvalue weighted by Gasteiger charge is -2.05. The predicted octanol–water partition coefficient (Wildman–Crippen LogP) is 1.94. The van der Waals surface area contributed by atoms with E-state index in [0.29, 0.717) is 5.13 Å². The molecule has 1 amide bonds. The lowest BCUT2D eigenvalue weighted by atomic mass is 10.4. The number of amides is 1. The van der Waals surface area contributed by atoms with E-state index in [-0.39, 0.29) is 16.5 Å². The molecule has 7 nitrogen and oxygen atoms in total. The van der Waals surface area contributed by atoms with E-state index in [1.807, 2.05) is 0 Å². The molecule has 21 heavy (non-hydrogen) atoms. The standard InChI is InChI=1S/C11H11ClN4O3S2/c1-3-21(18,19)11-13-4-7(12)8(15-11)9(17)16-10-14-6(2)5-20-10/h4-5H,3H2,1-2H3,(H,14,16,17). The van der Waals surface area contributed by atoms with Gasteiger partial charge in [0.25, 0.3) is 5.91 Å². The Hall–Kier alpha value is -1.58. The molecule has 0 atom stereocenters. The number of hydrogen-bond donors (Lipinski definition) is 1. The molecular weight excluding hydrogens is 336 g/mol. The Morgan fingerprint density at radius 1 is 1.43 bits per heavy atom. The molecule has 0 spiro atoms. The number of nitrogens with one attached hydrogen (secondary N) is 1. The number of sulfone groups is 1. The Bertz CT molecular complexity index is 789. The van der Waals surface area contributed by atoms with Crippen molar-refractivity contribution in [3.8, 4) is 0 Å². The summed E-state index contributed by atoms with van der Waals surface area (Å²) in [6.07, 6.45) is 1.10. The van der Waals surface area contributed by atoms with Crippen molar-refractivity contribution in [2.24, 2.45) is 0 Å². The van der Waals surface area contributed by atoms with E-state index in [9.17, 15) is 13.2 Å². The topological polar surface area (TPSA) is 102 Å². The minimum absolute atomic E-state index is 0.0316. The normalized spacial score (nSPS) is 11.4. The molecule has 0 saturated heterocycles. The maximum absolute atomic E-state index is 12.1. The molecule has 0 unspecified atom stereocenters. The lowest BCUT2D eigenvalue weighted by molar-refractivity contribution is 0.102. The van der Waals surface area contributed by atoms with E-state index in [1.54, 1.807) is 12.3 Å². The van der Waals surface area contributed by atoms with E-state index >= 15 is 0 Å². The Kier molecular flexibility index (Phi) is 4.55. The Balaban J connectivity index is 2.34. The molecule has 0 aliphatic carbocycles. The van der Waals surface area contributed by atoms with Crippen LogP contribution in [0.3, 0.4) is 0 Å². The average molecular weight is 347 g/mol. The number of rotatable bonds is 4. The number of halogens is 1. The van der Waals surface area contributed by atoms with Gasteiger partial charge in [0, 0.05) is 5.38 Å². The summed E-state index contributed by atoms with van der Waals surface area (Å²) < 4.78 is 23.5. The molecule has 2 rings (SSSR count). The molecule has 10 heteroatoms. The fraction of sp³-hybridized carbons (Fsp3) is 0.273. The number of anilines is 1. The van der Waals surface area contributed by atoms with Gasteiger partial charge >= 0.3 is 0 Å². The van der Waals surface area contributed by atoms with Gasteiger partial charge in [-0.1, -0.05) is 18.5 Å². The molecule has 0 aliphatic heterocycles. The number of aromatic nitrogens is 3. The minimum Gasteiger partial charge on any atom is -0.296 e. The second kappa shape index (κ2) is 6.04. The van der Waals surface area contributed by atoms with E-state index in [2.05, 4.69) is 20.3 Å². The van der Waals surface area contributed by atoms with Gasteiger partial charge in [-0.2, -0.15) is 0 Å². The second-order valence-electron chi connectivity index (χ2n) is 4.00. The summed E-state index contributed by atoms with van der Waals surface area (Å²) in [7, 11) is -3.61. The fourth-order valence-corrected chi connectivity index (χ4v) is 2.92. The first-order chi connectivity index (χ1) is 9.83. The molecule has 0 saturated carbocycles. The highest BCUT2D eigenvalue weighted by Crippen LogP contribution is 2.19. The Morgan fingerprint density at radius 2 is 2.14 bits per heavy atom. The van der Waals surface area contributed by atoms with Crippen LogP contribution in [0.5, 0.6) is 0 Å². The third-order valence-corrected chi connectivity index (χ3v) is 5.10. The molecule has 0 bridgehead atoms. The monoisotopic (exact) mass is 346 g/mol. The van der Waals surface area contributed by atoms with Gasteiger partial charge in [0.05, 0.1) is 22.7 Å². The molecule has 0 aliphatic rings. The van der Waals surface area contributed by atoms with Crippen LogP contribution in [-0.4, -0.2) is 35.0 Å². The van der Waals surface area contributed by atoms with Crippen LogP contribution in [0.15, 0.2) is 16.7 Å². The zero-order valence-electron chi connectivity index (χ0n) is 11.1. The first kappa shape index (κ1) is 15.8. The predicted molar refractivity (Wildman–Crippen MR) is 79.6 cm³/mol. The molecule has 0 radical (unpaired) electrons. The number of carbonyl (C=O) groups excluding carboxylic acids is 1. The molecule has 2 aromatic rings. The van der Waals surface area contributed by atoms with Crippen molar-refractivity contribution in [2.75, 3.05) is 11.1 Å². The van der Waals surface area contributed by atoms with Crippen LogP contribution in [0.1, 0.15) is 23.1 Å². The summed E-state index contributed by atoms with van der Waals surface area (Å²) in [5, 5.41) is 4.21. The van der Waals surface area contributed by atoms with Crippen molar-refractivity contribution in [2.45, 2.75) is 19.0 Å². The van der Waals surface area contributed by atoms with Crippen molar-refractivity contribution in [3.05, 3.63) is 28.0 Å². The molecule has 1 N–H and O–H groups in total. The zero-order chi connectivity index (χ0) is 15.6. The number of aryl methyl sites for hydroxylation is 1. The number of thiazole rings is 1. The molecular formula is C11H11ClN4O3S2. The SMILES string of the molecule is CCS(=O)(=O)c1ncc(Cl)c(C(=O)Nc2nc(C)cs2)n1. The fourth-order valence-electron chi connectivity index (χ4n) is 1.36. The van der Waals surface area contributed by atoms with Crippen LogP contribution in [-0.2, 0) is 9.84 Å². The van der Waals surface area contributed by atoms with Gasteiger partial charge in [-0.05, 0) is 6.92 Å². The van der Waals surface area contributed by atoms with Crippen LogP contribution in [0.2, 0.25) is 5.02 Å². The van der Waals surface area contributed by atoms with Crippen LogP contribution < -0.4 is 5.32 Å². The van der Waals surface area contributed by atoms with E-state index < -0.39 is 20.9 Å². The number of carbonyl (C=O) groups is 1. The van der Waals surface area contributed by atoms with Crippen molar-refractivity contribution in [1.82, 2.24) is 15.0 Å². The van der Waals surface area contributed by atoms with Crippen LogP contribution in [0.4, 0.5) is 5.13 Å². The zero-order valence-corrected chi connectivity index (χ0v) is 13.5. The average Bonchev–Trinajstić information content (AvgIpc) is 2.84. The van der Waals surface area contributed by atoms with Gasteiger partial charge in [-0.15, -0.1) is 11.3 Å². The van der Waals surface area contributed by atoms with Gasteiger partial charge in [-0.25, -0.2) is 23.4 Å². The number of nitrogens with zero attached hydrogens (tertiary/aromatic N) is 3. The van der Waals surface area contributed by atoms with E-state index in [0.717, 1.165) is 11.9 Å². The molecule has 112 valence electrons. The third kappa shape index (κ3) is 3.55. The van der Waals surface area contributed by atoms with Crippen LogP contribution >= 0.6 is 22.9 Å². The van der Waals surface area contributed by atoms with Gasteiger partial charge in [0.2, 0.25) is 15.0 Å². The van der Waals surface area contributed by atoms with Crippen molar-refractivity contribution >= 4 is 43.8 Å². The smallest absolute Gasteiger partial charge is 0.277 e. The van der Waals surface area contributed by atoms with Crippen molar-refractivity contribution in [3.63, 3.8) is 0 Å². The van der Waals surface area contributed by atoms with Crippen LogP contribution in [0, 0.1) is 6.92 Å². The van der Waals surface area contributed by atoms with Crippen LogP contribution in [0.25, 0.3) is 0 Å². The molecule has 0 fully saturated rings.